The van der Waals surface area contributed by atoms with Gasteiger partial charge in [-0.25, -0.2) is 0 Å². The molecule has 4 rings (SSSR count). The van der Waals surface area contributed by atoms with Gasteiger partial charge in [0.1, 0.15) is 0 Å². The highest BCUT2D eigenvalue weighted by molar-refractivity contribution is 6.31. The molecule has 0 saturated carbocycles. The van der Waals surface area contributed by atoms with E-state index in [0.29, 0.717) is 49.1 Å². The van der Waals surface area contributed by atoms with Gasteiger partial charge in [0.15, 0.2) is 0 Å². The van der Waals surface area contributed by atoms with Crippen molar-refractivity contribution in [3.05, 3.63) is 69.7 Å². The number of piperidine rings is 1. The summed E-state index contributed by atoms with van der Waals surface area (Å²) in [7, 11) is 0. The van der Waals surface area contributed by atoms with Crippen LogP contribution in [0.4, 0.5) is 0 Å². The maximum absolute atomic E-state index is 13.0. The molecule has 0 bridgehead atoms. The Hall–Kier alpha value is -2.08. The van der Waals surface area contributed by atoms with Crippen molar-refractivity contribution in [1.29, 1.82) is 0 Å². The zero-order valence-corrected chi connectivity index (χ0v) is 18.1. The number of carbonyl (C=O) groups excluding carboxylic acids is 2. The number of nitrogens with zero attached hydrogens (tertiary/aromatic N) is 2. The number of likely N-dealkylation sites (tertiary alicyclic amines) is 2. The van der Waals surface area contributed by atoms with Gasteiger partial charge < -0.3 is 14.9 Å². The lowest BCUT2D eigenvalue weighted by Gasteiger charge is -2.39. The van der Waals surface area contributed by atoms with E-state index in [0.717, 1.165) is 11.1 Å². The third kappa shape index (κ3) is 4.34. The fourth-order valence-electron chi connectivity index (χ4n) is 4.33. The number of benzene rings is 2. The van der Waals surface area contributed by atoms with Crippen molar-refractivity contribution in [3.8, 4) is 0 Å². The van der Waals surface area contributed by atoms with Crippen molar-refractivity contribution in [2.24, 2.45) is 5.92 Å². The Bertz CT molecular complexity index is 940. The van der Waals surface area contributed by atoms with Crippen molar-refractivity contribution >= 4 is 35.0 Å². The first-order valence-electron chi connectivity index (χ1n) is 10.1. The maximum Gasteiger partial charge on any atom is 0.227 e. The average Bonchev–Trinajstić information content (AvgIpc) is 3.10. The van der Waals surface area contributed by atoms with Crippen LogP contribution >= 0.6 is 23.2 Å². The van der Waals surface area contributed by atoms with E-state index in [2.05, 4.69) is 0 Å². The molecule has 1 unspecified atom stereocenters. The van der Waals surface area contributed by atoms with Crippen LogP contribution in [0.25, 0.3) is 0 Å². The summed E-state index contributed by atoms with van der Waals surface area (Å²) in [5.74, 6) is -0.382. The van der Waals surface area contributed by atoms with E-state index in [4.69, 9.17) is 23.2 Å². The molecule has 2 aliphatic heterocycles. The monoisotopic (exact) mass is 446 g/mol. The molecule has 1 N–H and O–H groups in total. The number of rotatable bonds is 4. The summed E-state index contributed by atoms with van der Waals surface area (Å²) >= 11 is 12.2. The normalized spacial score (nSPS) is 21.2. The SMILES string of the molecule is O=C1CC(C(=O)N2CCC(O)(c3ccc(Cl)cc3)CC2)CN1Cc1ccccc1Cl. The van der Waals surface area contributed by atoms with Gasteiger partial charge in [-0.3, -0.25) is 9.59 Å². The second-order valence-electron chi connectivity index (χ2n) is 8.13. The molecule has 0 radical (unpaired) electrons. The van der Waals surface area contributed by atoms with Crippen LogP contribution in [0.3, 0.4) is 0 Å². The lowest BCUT2D eigenvalue weighted by Crippen LogP contribution is -2.47. The van der Waals surface area contributed by atoms with Gasteiger partial charge in [0.25, 0.3) is 0 Å². The fraction of sp³-hybridized carbons (Fsp3) is 0.391. The number of carbonyl (C=O) groups is 2. The molecule has 0 aliphatic carbocycles. The number of amides is 2. The Morgan fingerprint density at radius 1 is 1.07 bits per heavy atom. The second-order valence-corrected chi connectivity index (χ2v) is 8.97. The summed E-state index contributed by atoms with van der Waals surface area (Å²) in [6, 6.07) is 14.6. The smallest absolute Gasteiger partial charge is 0.227 e. The molecule has 2 aromatic carbocycles. The van der Waals surface area contributed by atoms with Gasteiger partial charge in [-0.15, -0.1) is 0 Å². The molecule has 2 aliphatic rings. The largest absolute Gasteiger partial charge is 0.385 e. The standard InChI is InChI=1S/C23H24Cl2N2O3/c24-19-7-5-18(6-8-19)23(30)9-11-26(12-10-23)22(29)17-13-21(28)27(15-17)14-16-3-1-2-4-20(16)25/h1-8,17,30H,9-15H2. The second kappa shape index (κ2) is 8.58. The van der Waals surface area contributed by atoms with E-state index in [1.54, 1.807) is 28.0 Å². The Balaban J connectivity index is 1.36. The van der Waals surface area contributed by atoms with Crippen molar-refractivity contribution < 1.29 is 14.7 Å². The third-order valence-corrected chi connectivity index (χ3v) is 6.79. The molecule has 7 heteroatoms. The fourth-order valence-corrected chi connectivity index (χ4v) is 4.65. The van der Waals surface area contributed by atoms with Gasteiger partial charge in [-0.2, -0.15) is 0 Å². The topological polar surface area (TPSA) is 60.9 Å². The minimum Gasteiger partial charge on any atom is -0.385 e. The van der Waals surface area contributed by atoms with Gasteiger partial charge in [-0.05, 0) is 42.2 Å². The van der Waals surface area contributed by atoms with Crippen molar-refractivity contribution in [2.75, 3.05) is 19.6 Å². The molecule has 30 heavy (non-hydrogen) atoms. The molecule has 2 fully saturated rings. The van der Waals surface area contributed by atoms with Gasteiger partial charge in [0.05, 0.1) is 11.5 Å². The molecule has 0 aromatic heterocycles. The maximum atomic E-state index is 13.0. The summed E-state index contributed by atoms with van der Waals surface area (Å²) in [5, 5.41) is 12.3. The predicted octanol–water partition coefficient (Wildman–Crippen LogP) is 3.85. The minimum absolute atomic E-state index is 0.0110. The molecule has 158 valence electrons. The molecular weight excluding hydrogens is 423 g/mol. The minimum atomic E-state index is -0.955. The number of hydrogen-bond donors (Lipinski definition) is 1. The van der Waals surface area contributed by atoms with Crippen LogP contribution in [0.2, 0.25) is 10.0 Å². The first-order chi connectivity index (χ1) is 14.4. The molecule has 2 heterocycles. The van der Waals surface area contributed by atoms with E-state index in [1.807, 2.05) is 30.3 Å². The lowest BCUT2D eigenvalue weighted by atomic mass is 9.84. The summed E-state index contributed by atoms with van der Waals surface area (Å²) in [4.78, 5) is 29.0. The number of hydrogen-bond acceptors (Lipinski definition) is 3. The first kappa shape index (κ1) is 21.2. The van der Waals surface area contributed by atoms with E-state index in [-0.39, 0.29) is 24.2 Å². The zero-order chi connectivity index (χ0) is 21.3. The quantitative estimate of drug-likeness (QED) is 0.775. The molecule has 1 atom stereocenters. The van der Waals surface area contributed by atoms with E-state index >= 15 is 0 Å². The molecule has 2 amide bonds. The van der Waals surface area contributed by atoms with Gasteiger partial charge in [0.2, 0.25) is 11.8 Å². The summed E-state index contributed by atoms with van der Waals surface area (Å²) < 4.78 is 0. The highest BCUT2D eigenvalue weighted by Crippen LogP contribution is 2.34. The Labute approximate surface area is 186 Å². The van der Waals surface area contributed by atoms with Gasteiger partial charge in [0, 0.05) is 42.6 Å². The summed E-state index contributed by atoms with van der Waals surface area (Å²) in [6.45, 7) is 1.75. The van der Waals surface area contributed by atoms with Crippen molar-refractivity contribution in [1.82, 2.24) is 9.80 Å². The van der Waals surface area contributed by atoms with Crippen molar-refractivity contribution in [2.45, 2.75) is 31.4 Å². The average molecular weight is 447 g/mol. The van der Waals surface area contributed by atoms with Crippen molar-refractivity contribution in [3.63, 3.8) is 0 Å². The van der Waals surface area contributed by atoms with E-state index < -0.39 is 5.60 Å². The van der Waals surface area contributed by atoms with Crippen LogP contribution < -0.4 is 0 Å². The van der Waals surface area contributed by atoms with Crippen LogP contribution in [-0.4, -0.2) is 46.4 Å². The first-order valence-corrected chi connectivity index (χ1v) is 10.9. The van der Waals surface area contributed by atoms with Crippen LogP contribution in [-0.2, 0) is 21.7 Å². The van der Waals surface area contributed by atoms with Gasteiger partial charge in [-0.1, -0.05) is 53.5 Å². The van der Waals surface area contributed by atoms with E-state index in [9.17, 15) is 14.7 Å². The Kier molecular flexibility index (Phi) is 6.05. The Morgan fingerprint density at radius 2 is 1.73 bits per heavy atom. The lowest BCUT2D eigenvalue weighted by molar-refractivity contribution is -0.140. The third-order valence-electron chi connectivity index (χ3n) is 6.17. The number of aliphatic hydroxyl groups is 1. The molecule has 2 aromatic rings. The van der Waals surface area contributed by atoms with Crippen LogP contribution in [0.1, 0.15) is 30.4 Å². The van der Waals surface area contributed by atoms with Crippen LogP contribution in [0, 0.1) is 5.92 Å². The zero-order valence-electron chi connectivity index (χ0n) is 16.6. The molecule has 0 spiro atoms. The van der Waals surface area contributed by atoms with Gasteiger partial charge >= 0.3 is 0 Å². The predicted molar refractivity (Wildman–Crippen MR) is 116 cm³/mol. The van der Waals surface area contributed by atoms with E-state index in [1.165, 1.54) is 0 Å². The highest BCUT2D eigenvalue weighted by Gasteiger charge is 2.40. The molecule has 5 nitrogen and oxygen atoms in total. The molecule has 2 saturated heterocycles. The number of halogens is 2. The Morgan fingerprint density at radius 3 is 2.40 bits per heavy atom. The molecular formula is C23H24Cl2N2O3. The van der Waals surface area contributed by atoms with Crippen LogP contribution in [0.15, 0.2) is 48.5 Å². The summed E-state index contributed by atoms with van der Waals surface area (Å²) in [6.07, 6.45) is 1.15. The van der Waals surface area contributed by atoms with Crippen LogP contribution in [0.5, 0.6) is 0 Å². The highest BCUT2D eigenvalue weighted by atomic mass is 35.5. The summed E-state index contributed by atoms with van der Waals surface area (Å²) in [5.41, 5.74) is 0.746.